The second-order valence-corrected chi connectivity index (χ2v) is 10.3. The normalized spacial score (nSPS) is 13.7. The highest BCUT2D eigenvalue weighted by molar-refractivity contribution is 7.99. The van der Waals surface area contributed by atoms with Crippen molar-refractivity contribution in [3.8, 4) is 6.07 Å². The predicted molar refractivity (Wildman–Crippen MR) is 135 cm³/mol. The minimum Gasteiger partial charge on any atom is -0.379 e. The number of nitrogens with zero attached hydrogens (tertiary/aromatic N) is 4. The molecule has 1 fully saturated rings. The lowest BCUT2D eigenvalue weighted by Gasteiger charge is -2.25. The number of aromatic nitrogens is 2. The van der Waals surface area contributed by atoms with E-state index in [2.05, 4.69) is 39.1 Å². The molecule has 1 saturated heterocycles. The standard InChI is InChI=1S/C25H23N5OS2/c26-13-18-1-3-19(4-2-18)16-30-17-27-14-22(30)15-28-21-5-6-23-20(11-21)12-24(33-23)25(31)29-7-9-32-10-8-29/h1-6,11-12,14,17,28H,7-10,15-16H2. The van der Waals surface area contributed by atoms with Crippen LogP contribution in [0.15, 0.2) is 61.1 Å². The van der Waals surface area contributed by atoms with E-state index in [9.17, 15) is 4.79 Å². The summed E-state index contributed by atoms with van der Waals surface area (Å²) in [6.45, 7) is 3.01. The molecule has 1 aliphatic heterocycles. The van der Waals surface area contributed by atoms with Gasteiger partial charge in [0, 0.05) is 47.7 Å². The molecular formula is C25H23N5OS2. The van der Waals surface area contributed by atoms with Gasteiger partial charge in [0.15, 0.2) is 0 Å². The van der Waals surface area contributed by atoms with Gasteiger partial charge in [0.05, 0.1) is 35.1 Å². The Kier molecular flexibility index (Phi) is 6.33. The molecule has 1 amide bonds. The van der Waals surface area contributed by atoms with Crippen molar-refractivity contribution in [2.24, 2.45) is 0 Å². The Hall–Kier alpha value is -3.28. The van der Waals surface area contributed by atoms with Crippen molar-refractivity contribution in [2.75, 3.05) is 29.9 Å². The number of thiophene rings is 1. The van der Waals surface area contributed by atoms with Crippen LogP contribution in [0.3, 0.4) is 0 Å². The van der Waals surface area contributed by atoms with Crippen LogP contribution in [0.2, 0.25) is 0 Å². The largest absolute Gasteiger partial charge is 0.379 e. The highest BCUT2D eigenvalue weighted by Crippen LogP contribution is 2.29. The van der Waals surface area contributed by atoms with E-state index in [0.717, 1.165) is 56.5 Å². The third kappa shape index (κ3) is 4.90. The summed E-state index contributed by atoms with van der Waals surface area (Å²) in [4.78, 5) is 19.9. The van der Waals surface area contributed by atoms with Gasteiger partial charge in [-0.2, -0.15) is 17.0 Å². The van der Waals surface area contributed by atoms with E-state index >= 15 is 0 Å². The van der Waals surface area contributed by atoms with E-state index < -0.39 is 0 Å². The zero-order valence-electron chi connectivity index (χ0n) is 18.0. The highest BCUT2D eigenvalue weighted by atomic mass is 32.2. The summed E-state index contributed by atoms with van der Waals surface area (Å²) in [7, 11) is 0. The van der Waals surface area contributed by atoms with Gasteiger partial charge in [0.2, 0.25) is 0 Å². The minimum atomic E-state index is 0.151. The molecule has 33 heavy (non-hydrogen) atoms. The molecule has 0 atom stereocenters. The van der Waals surface area contributed by atoms with E-state index in [1.54, 1.807) is 11.3 Å². The number of carbonyl (C=O) groups excluding carboxylic acids is 1. The first-order valence-corrected chi connectivity index (χ1v) is 12.8. The van der Waals surface area contributed by atoms with Gasteiger partial charge in [0.1, 0.15) is 0 Å². The summed E-state index contributed by atoms with van der Waals surface area (Å²) < 4.78 is 3.23. The molecular weight excluding hydrogens is 450 g/mol. The van der Waals surface area contributed by atoms with Gasteiger partial charge < -0.3 is 14.8 Å². The summed E-state index contributed by atoms with van der Waals surface area (Å²) in [6, 6.07) is 18.0. The number of hydrogen-bond acceptors (Lipinski definition) is 6. The number of fused-ring (bicyclic) bond motifs is 1. The lowest BCUT2D eigenvalue weighted by Crippen LogP contribution is -2.37. The lowest BCUT2D eigenvalue weighted by atomic mass is 10.1. The van der Waals surface area contributed by atoms with Crippen LogP contribution >= 0.6 is 23.1 Å². The van der Waals surface area contributed by atoms with Crippen molar-refractivity contribution in [1.29, 1.82) is 5.26 Å². The van der Waals surface area contributed by atoms with Crippen molar-refractivity contribution in [2.45, 2.75) is 13.1 Å². The number of imidazole rings is 1. The monoisotopic (exact) mass is 473 g/mol. The van der Waals surface area contributed by atoms with E-state index in [1.807, 2.05) is 59.5 Å². The molecule has 0 saturated carbocycles. The molecule has 3 heterocycles. The van der Waals surface area contributed by atoms with Gasteiger partial charge in [-0.3, -0.25) is 4.79 Å². The molecule has 2 aromatic heterocycles. The maximum atomic E-state index is 12.8. The molecule has 0 unspecified atom stereocenters. The SMILES string of the molecule is N#Cc1ccc(Cn2cncc2CNc2ccc3sc(C(=O)N4CCSCC4)cc3c2)cc1. The van der Waals surface area contributed by atoms with Crippen molar-refractivity contribution >= 4 is 44.8 Å². The average Bonchev–Trinajstić information content (AvgIpc) is 3.49. The Morgan fingerprint density at radius 2 is 1.94 bits per heavy atom. The first-order valence-electron chi connectivity index (χ1n) is 10.8. The number of thioether (sulfide) groups is 1. The van der Waals surface area contributed by atoms with Crippen molar-refractivity contribution in [3.63, 3.8) is 0 Å². The highest BCUT2D eigenvalue weighted by Gasteiger charge is 2.20. The number of benzene rings is 2. The van der Waals surface area contributed by atoms with Crippen LogP contribution in [0.5, 0.6) is 0 Å². The molecule has 1 N–H and O–H groups in total. The molecule has 0 radical (unpaired) electrons. The van der Waals surface area contributed by atoms with Crippen molar-refractivity contribution in [1.82, 2.24) is 14.5 Å². The molecule has 0 aliphatic carbocycles. The fraction of sp³-hybridized carbons (Fsp3) is 0.240. The first-order chi connectivity index (χ1) is 16.2. The van der Waals surface area contributed by atoms with Gasteiger partial charge in [-0.15, -0.1) is 11.3 Å². The van der Waals surface area contributed by atoms with Crippen molar-refractivity contribution < 1.29 is 4.79 Å². The Morgan fingerprint density at radius 1 is 1.12 bits per heavy atom. The van der Waals surface area contributed by atoms with Gasteiger partial charge in [-0.05, 0) is 47.3 Å². The Labute approximate surface area is 200 Å². The number of anilines is 1. The van der Waals surface area contributed by atoms with Crippen molar-refractivity contribution in [3.05, 3.63) is 82.8 Å². The smallest absolute Gasteiger partial charge is 0.264 e. The molecule has 6 nitrogen and oxygen atoms in total. The molecule has 8 heteroatoms. The summed E-state index contributed by atoms with van der Waals surface area (Å²) in [5.41, 5.74) is 3.87. The average molecular weight is 474 g/mol. The number of amides is 1. The summed E-state index contributed by atoms with van der Waals surface area (Å²) in [5, 5.41) is 13.5. The van der Waals surface area contributed by atoms with Gasteiger partial charge in [-0.1, -0.05) is 12.1 Å². The van der Waals surface area contributed by atoms with E-state index in [1.165, 1.54) is 0 Å². The second-order valence-electron chi connectivity index (χ2n) is 7.94. The number of nitriles is 1. The molecule has 1 aliphatic rings. The first kappa shape index (κ1) is 21.6. The zero-order valence-corrected chi connectivity index (χ0v) is 19.7. The Balaban J connectivity index is 1.26. The van der Waals surface area contributed by atoms with Gasteiger partial charge in [0.25, 0.3) is 5.91 Å². The molecule has 0 bridgehead atoms. The quantitative estimate of drug-likeness (QED) is 0.435. The summed E-state index contributed by atoms with van der Waals surface area (Å²) in [5.74, 6) is 2.19. The minimum absolute atomic E-state index is 0.151. The fourth-order valence-corrected chi connectivity index (χ4v) is 5.81. The molecule has 4 aromatic rings. The Morgan fingerprint density at radius 3 is 2.73 bits per heavy atom. The summed E-state index contributed by atoms with van der Waals surface area (Å²) >= 11 is 3.48. The van der Waals surface area contributed by atoms with E-state index in [0.29, 0.717) is 18.7 Å². The molecule has 0 spiro atoms. The van der Waals surface area contributed by atoms with Crippen LogP contribution < -0.4 is 5.32 Å². The summed E-state index contributed by atoms with van der Waals surface area (Å²) in [6.07, 6.45) is 3.70. The van der Waals surface area contributed by atoms with Crippen LogP contribution in [-0.2, 0) is 13.1 Å². The number of rotatable bonds is 6. The number of nitrogens with one attached hydrogen (secondary N) is 1. The van der Waals surface area contributed by atoms with Crippen LogP contribution in [0, 0.1) is 11.3 Å². The molecule has 2 aromatic carbocycles. The van der Waals surface area contributed by atoms with Crippen LogP contribution in [0.25, 0.3) is 10.1 Å². The second kappa shape index (κ2) is 9.69. The molecule has 5 rings (SSSR count). The third-order valence-electron chi connectivity index (χ3n) is 5.73. The van der Waals surface area contributed by atoms with E-state index in [-0.39, 0.29) is 5.91 Å². The van der Waals surface area contributed by atoms with Crippen LogP contribution in [0.1, 0.15) is 26.5 Å². The van der Waals surface area contributed by atoms with E-state index in [4.69, 9.17) is 5.26 Å². The third-order valence-corrected chi connectivity index (χ3v) is 7.78. The molecule has 166 valence electrons. The van der Waals surface area contributed by atoms with Crippen LogP contribution in [-0.4, -0.2) is 45.0 Å². The van der Waals surface area contributed by atoms with Gasteiger partial charge in [-0.25, -0.2) is 4.98 Å². The Bertz CT molecular complexity index is 1310. The topological polar surface area (TPSA) is 74.0 Å². The number of carbonyl (C=O) groups is 1. The zero-order chi connectivity index (χ0) is 22.6. The maximum absolute atomic E-state index is 12.8. The van der Waals surface area contributed by atoms with Crippen LogP contribution in [0.4, 0.5) is 5.69 Å². The predicted octanol–water partition coefficient (Wildman–Crippen LogP) is 4.82. The lowest BCUT2D eigenvalue weighted by molar-refractivity contribution is 0.0777. The maximum Gasteiger partial charge on any atom is 0.264 e. The fourth-order valence-electron chi connectivity index (χ4n) is 3.89. The van der Waals surface area contributed by atoms with Gasteiger partial charge >= 0.3 is 0 Å². The number of hydrogen-bond donors (Lipinski definition) is 1.